The zero-order chi connectivity index (χ0) is 14.8. The molecule has 0 saturated heterocycles. The summed E-state index contributed by atoms with van der Waals surface area (Å²) in [5.41, 5.74) is 0.299. The molecule has 1 amide bonds. The largest absolute Gasteiger partial charge is 0.390 e. The van der Waals surface area contributed by atoms with Crippen molar-refractivity contribution in [1.82, 2.24) is 5.32 Å². The second kappa shape index (κ2) is 6.06. The molecule has 1 aromatic rings. The summed E-state index contributed by atoms with van der Waals surface area (Å²) in [5.74, 6) is -4.86. The van der Waals surface area contributed by atoms with Crippen molar-refractivity contribution in [3.05, 3.63) is 34.9 Å². The highest BCUT2D eigenvalue weighted by Gasteiger charge is 2.41. The van der Waals surface area contributed by atoms with Crippen LogP contribution in [0.15, 0.2) is 24.3 Å². The van der Waals surface area contributed by atoms with Crippen molar-refractivity contribution in [2.45, 2.75) is 24.7 Å². The van der Waals surface area contributed by atoms with Gasteiger partial charge in [0.25, 0.3) is 5.92 Å². The monoisotopic (exact) mass is 303 g/mol. The van der Waals surface area contributed by atoms with Gasteiger partial charge in [-0.05, 0) is 30.5 Å². The highest BCUT2D eigenvalue weighted by Crippen LogP contribution is 2.34. The van der Waals surface area contributed by atoms with E-state index in [-0.39, 0.29) is 18.4 Å². The van der Waals surface area contributed by atoms with Gasteiger partial charge in [0.1, 0.15) is 6.61 Å². The van der Waals surface area contributed by atoms with E-state index in [4.69, 9.17) is 16.7 Å². The lowest BCUT2D eigenvalue weighted by molar-refractivity contribution is -0.123. The van der Waals surface area contributed by atoms with Gasteiger partial charge < -0.3 is 10.4 Å². The maximum absolute atomic E-state index is 13.9. The highest BCUT2D eigenvalue weighted by molar-refractivity contribution is 6.30. The number of alkyl halides is 2. The molecule has 0 radical (unpaired) electrons. The molecule has 1 aliphatic carbocycles. The van der Waals surface area contributed by atoms with E-state index in [1.807, 2.05) is 0 Å². The minimum Gasteiger partial charge on any atom is -0.390 e. The molecule has 1 unspecified atom stereocenters. The Balaban J connectivity index is 2.13. The number of amides is 1. The zero-order valence-electron chi connectivity index (χ0n) is 10.8. The summed E-state index contributed by atoms with van der Waals surface area (Å²) in [7, 11) is 0. The Kier molecular flexibility index (Phi) is 4.60. The van der Waals surface area contributed by atoms with Gasteiger partial charge in [0.05, 0.1) is 5.92 Å². The van der Waals surface area contributed by atoms with Gasteiger partial charge in [-0.2, -0.15) is 0 Å². The van der Waals surface area contributed by atoms with Crippen LogP contribution >= 0.6 is 11.6 Å². The van der Waals surface area contributed by atoms with E-state index in [9.17, 15) is 13.6 Å². The van der Waals surface area contributed by atoms with Crippen LogP contribution in [0.3, 0.4) is 0 Å². The molecule has 1 aromatic carbocycles. The minimum absolute atomic E-state index is 0.0437. The van der Waals surface area contributed by atoms with Gasteiger partial charge in [0.2, 0.25) is 5.91 Å². The normalized spacial score (nSPS) is 16.8. The molecule has 1 atom stereocenters. The average molecular weight is 304 g/mol. The number of carbonyl (C=O) groups excluding carboxylic acids is 1. The second-order valence-electron chi connectivity index (χ2n) is 5.05. The molecule has 0 bridgehead atoms. The van der Waals surface area contributed by atoms with Crippen molar-refractivity contribution in [3.63, 3.8) is 0 Å². The molecule has 1 fully saturated rings. The summed E-state index contributed by atoms with van der Waals surface area (Å²) in [6.07, 6.45) is 1.62. The van der Waals surface area contributed by atoms with Crippen molar-refractivity contribution in [2.75, 3.05) is 13.2 Å². The standard InChI is InChI=1S/C14H16ClF2NO2/c15-11-3-1-2-10(6-11)12(14(16,17)8-19)7-18-13(20)9-4-5-9/h1-3,6,9,12,19H,4-5,7-8H2,(H,18,20). The topological polar surface area (TPSA) is 49.3 Å². The third-order valence-corrected chi connectivity index (χ3v) is 3.64. The SMILES string of the molecule is O=C(NCC(c1cccc(Cl)c1)C(F)(F)CO)C1CC1. The van der Waals surface area contributed by atoms with Crippen molar-refractivity contribution < 1.29 is 18.7 Å². The number of benzene rings is 1. The van der Waals surface area contributed by atoms with Crippen LogP contribution in [0.4, 0.5) is 8.78 Å². The number of aliphatic hydroxyl groups is 1. The number of carbonyl (C=O) groups is 1. The molecule has 2 N–H and O–H groups in total. The first-order valence-electron chi connectivity index (χ1n) is 6.46. The van der Waals surface area contributed by atoms with Crippen LogP contribution in [0.5, 0.6) is 0 Å². The summed E-state index contributed by atoms with van der Waals surface area (Å²) in [5, 5.41) is 11.8. The van der Waals surface area contributed by atoms with Crippen molar-refractivity contribution in [1.29, 1.82) is 0 Å². The van der Waals surface area contributed by atoms with Crippen LogP contribution in [0.25, 0.3) is 0 Å². The van der Waals surface area contributed by atoms with E-state index in [0.29, 0.717) is 10.6 Å². The Morgan fingerprint density at radius 3 is 2.75 bits per heavy atom. The second-order valence-corrected chi connectivity index (χ2v) is 5.48. The van der Waals surface area contributed by atoms with Crippen molar-refractivity contribution >= 4 is 17.5 Å². The lowest BCUT2D eigenvalue weighted by Crippen LogP contribution is -2.39. The highest BCUT2D eigenvalue weighted by atomic mass is 35.5. The van der Waals surface area contributed by atoms with Gasteiger partial charge in [-0.25, -0.2) is 8.78 Å². The fourth-order valence-corrected chi connectivity index (χ4v) is 2.24. The van der Waals surface area contributed by atoms with Crippen molar-refractivity contribution in [3.8, 4) is 0 Å². The third kappa shape index (κ3) is 3.67. The molecule has 110 valence electrons. The Hall–Kier alpha value is -1.20. The number of hydrogen-bond donors (Lipinski definition) is 2. The first-order chi connectivity index (χ1) is 9.44. The third-order valence-electron chi connectivity index (χ3n) is 3.40. The molecule has 1 saturated carbocycles. The number of hydrogen-bond acceptors (Lipinski definition) is 2. The molecule has 20 heavy (non-hydrogen) atoms. The lowest BCUT2D eigenvalue weighted by atomic mass is 9.92. The van der Waals surface area contributed by atoms with Crippen LogP contribution in [0.2, 0.25) is 5.02 Å². The van der Waals surface area contributed by atoms with Crippen molar-refractivity contribution in [2.24, 2.45) is 5.92 Å². The maximum Gasteiger partial charge on any atom is 0.279 e. The van der Waals surface area contributed by atoms with Gasteiger partial charge >= 0.3 is 0 Å². The number of halogens is 3. The molecule has 0 aliphatic heterocycles. The van der Waals surface area contributed by atoms with E-state index in [1.165, 1.54) is 12.1 Å². The van der Waals surface area contributed by atoms with Gasteiger partial charge in [-0.1, -0.05) is 23.7 Å². The number of rotatable bonds is 6. The van der Waals surface area contributed by atoms with E-state index in [0.717, 1.165) is 12.8 Å². The van der Waals surface area contributed by atoms with Gasteiger partial charge in [-0.3, -0.25) is 4.79 Å². The van der Waals surface area contributed by atoms with Crippen LogP contribution < -0.4 is 5.32 Å². The maximum atomic E-state index is 13.9. The Morgan fingerprint density at radius 2 is 2.20 bits per heavy atom. The van der Waals surface area contributed by atoms with Crippen LogP contribution in [0, 0.1) is 5.92 Å². The van der Waals surface area contributed by atoms with E-state index in [2.05, 4.69) is 5.32 Å². The molecule has 0 spiro atoms. The summed E-state index contributed by atoms with van der Waals surface area (Å²) in [4.78, 5) is 11.6. The van der Waals surface area contributed by atoms with Gasteiger partial charge in [-0.15, -0.1) is 0 Å². The van der Waals surface area contributed by atoms with Crippen LogP contribution in [0.1, 0.15) is 24.3 Å². The molecular formula is C14H16ClF2NO2. The van der Waals surface area contributed by atoms with E-state index >= 15 is 0 Å². The fourth-order valence-electron chi connectivity index (χ4n) is 2.04. The average Bonchev–Trinajstić information content (AvgIpc) is 3.23. The van der Waals surface area contributed by atoms with E-state index < -0.39 is 18.4 Å². The summed E-state index contributed by atoms with van der Waals surface area (Å²) < 4.78 is 27.7. The summed E-state index contributed by atoms with van der Waals surface area (Å²) in [6.45, 7) is -1.49. The minimum atomic E-state index is -3.32. The Morgan fingerprint density at radius 1 is 1.50 bits per heavy atom. The molecule has 6 heteroatoms. The van der Waals surface area contributed by atoms with Crippen LogP contribution in [-0.4, -0.2) is 30.1 Å². The molecule has 3 nitrogen and oxygen atoms in total. The molecule has 0 heterocycles. The predicted octanol–water partition coefficient (Wildman–Crippen LogP) is 2.58. The van der Waals surface area contributed by atoms with E-state index in [1.54, 1.807) is 12.1 Å². The molecule has 0 aromatic heterocycles. The summed E-state index contributed by atoms with van der Waals surface area (Å²) in [6, 6.07) is 6.10. The fraction of sp³-hybridized carbons (Fsp3) is 0.500. The summed E-state index contributed by atoms with van der Waals surface area (Å²) >= 11 is 5.81. The molecular weight excluding hydrogens is 288 g/mol. The van der Waals surface area contributed by atoms with Crippen LogP contribution in [-0.2, 0) is 4.79 Å². The van der Waals surface area contributed by atoms with Gasteiger partial charge in [0, 0.05) is 17.5 Å². The zero-order valence-corrected chi connectivity index (χ0v) is 11.5. The first-order valence-corrected chi connectivity index (χ1v) is 6.83. The Bertz CT molecular complexity index is 492. The smallest absolute Gasteiger partial charge is 0.279 e. The van der Waals surface area contributed by atoms with Gasteiger partial charge in [0.15, 0.2) is 0 Å². The quantitative estimate of drug-likeness (QED) is 0.848. The Labute approximate surface area is 120 Å². The number of aliphatic hydroxyl groups excluding tert-OH is 1. The predicted molar refractivity (Wildman–Crippen MR) is 72.0 cm³/mol. The number of nitrogens with one attached hydrogen (secondary N) is 1. The molecule has 2 rings (SSSR count). The lowest BCUT2D eigenvalue weighted by Gasteiger charge is -2.26. The molecule has 1 aliphatic rings. The first kappa shape index (κ1) is 15.2.